The highest BCUT2D eigenvalue weighted by Crippen LogP contribution is 2.29. The number of aromatic nitrogens is 2. The Bertz CT molecular complexity index is 1080. The van der Waals surface area contributed by atoms with Crippen molar-refractivity contribution in [3.63, 3.8) is 0 Å². The third kappa shape index (κ3) is 4.29. The van der Waals surface area contributed by atoms with Crippen LogP contribution in [0, 0.1) is 0 Å². The summed E-state index contributed by atoms with van der Waals surface area (Å²) in [6.07, 6.45) is 0. The normalized spacial score (nSPS) is 11.1. The van der Waals surface area contributed by atoms with Crippen molar-refractivity contribution < 1.29 is 27.1 Å². The van der Waals surface area contributed by atoms with Crippen LogP contribution in [-0.2, 0) is 14.6 Å². The van der Waals surface area contributed by atoms with Crippen molar-refractivity contribution in [1.29, 1.82) is 0 Å². The molecule has 0 atom stereocenters. The molecular weight excluding hydrogens is 386 g/mol. The van der Waals surface area contributed by atoms with Crippen LogP contribution in [-0.4, -0.2) is 44.5 Å². The highest BCUT2D eigenvalue weighted by molar-refractivity contribution is 7.92. The van der Waals surface area contributed by atoms with E-state index in [2.05, 4.69) is 15.5 Å². The molecule has 0 bridgehead atoms. The maximum atomic E-state index is 12.4. The summed E-state index contributed by atoms with van der Waals surface area (Å²) in [6, 6.07) is 12.5. The Hall–Kier alpha value is -3.40. The van der Waals surface area contributed by atoms with Gasteiger partial charge in [0, 0.05) is 0 Å². The molecule has 0 spiro atoms. The van der Waals surface area contributed by atoms with Crippen molar-refractivity contribution in [2.45, 2.75) is 4.90 Å². The molecule has 1 aromatic heterocycles. The molecule has 146 valence electrons. The summed E-state index contributed by atoms with van der Waals surface area (Å²) < 4.78 is 40.3. The van der Waals surface area contributed by atoms with Crippen LogP contribution in [0.4, 0.5) is 6.01 Å². The molecule has 0 unspecified atom stereocenters. The van der Waals surface area contributed by atoms with Crippen LogP contribution < -0.4 is 14.8 Å². The first-order valence-corrected chi connectivity index (χ1v) is 9.71. The summed E-state index contributed by atoms with van der Waals surface area (Å²) in [5.74, 6) is -0.410. The first-order chi connectivity index (χ1) is 13.4. The van der Waals surface area contributed by atoms with E-state index in [0.717, 1.165) is 0 Å². The van der Waals surface area contributed by atoms with Gasteiger partial charge in [-0.1, -0.05) is 17.2 Å². The number of amides is 1. The molecule has 0 saturated heterocycles. The molecule has 3 aromatic rings. The van der Waals surface area contributed by atoms with Gasteiger partial charge in [0.25, 0.3) is 5.89 Å². The number of methoxy groups -OCH3 is 2. The van der Waals surface area contributed by atoms with Crippen LogP contribution >= 0.6 is 0 Å². The number of anilines is 1. The van der Waals surface area contributed by atoms with Crippen molar-refractivity contribution in [3.8, 4) is 23.0 Å². The van der Waals surface area contributed by atoms with E-state index in [-0.39, 0.29) is 16.8 Å². The zero-order valence-corrected chi connectivity index (χ0v) is 15.9. The number of ether oxygens (including phenoxy) is 2. The van der Waals surface area contributed by atoms with Crippen molar-refractivity contribution in [2.75, 3.05) is 25.3 Å². The molecule has 10 heteroatoms. The lowest BCUT2D eigenvalue weighted by Crippen LogP contribution is -2.23. The summed E-state index contributed by atoms with van der Waals surface area (Å²) >= 11 is 0. The Balaban J connectivity index is 1.70. The summed E-state index contributed by atoms with van der Waals surface area (Å²) in [6.45, 7) is 0. The summed E-state index contributed by atoms with van der Waals surface area (Å²) in [7, 11) is -0.863. The number of para-hydroxylation sites is 1. The number of carbonyl (C=O) groups is 1. The van der Waals surface area contributed by atoms with Gasteiger partial charge in [-0.3, -0.25) is 10.1 Å². The van der Waals surface area contributed by atoms with Gasteiger partial charge in [-0.25, -0.2) is 8.42 Å². The number of carbonyl (C=O) groups excluding carboxylic acids is 1. The van der Waals surface area contributed by atoms with Crippen molar-refractivity contribution in [3.05, 3.63) is 48.5 Å². The van der Waals surface area contributed by atoms with E-state index < -0.39 is 21.5 Å². The quantitative estimate of drug-likeness (QED) is 0.637. The predicted molar refractivity (Wildman–Crippen MR) is 100.0 cm³/mol. The molecule has 0 fully saturated rings. The lowest BCUT2D eigenvalue weighted by atomic mass is 10.2. The number of sulfone groups is 1. The van der Waals surface area contributed by atoms with Crippen LogP contribution in [0.3, 0.4) is 0 Å². The van der Waals surface area contributed by atoms with Crippen LogP contribution in [0.5, 0.6) is 11.5 Å². The average molecular weight is 403 g/mol. The largest absolute Gasteiger partial charge is 0.497 e. The maximum absolute atomic E-state index is 12.4. The molecule has 0 aliphatic heterocycles. The fraction of sp³-hybridized carbons (Fsp3) is 0.167. The molecule has 0 saturated carbocycles. The van der Waals surface area contributed by atoms with Gasteiger partial charge < -0.3 is 13.9 Å². The van der Waals surface area contributed by atoms with Gasteiger partial charge in [0.15, 0.2) is 9.84 Å². The first-order valence-electron chi connectivity index (χ1n) is 8.06. The van der Waals surface area contributed by atoms with Crippen molar-refractivity contribution in [1.82, 2.24) is 10.2 Å². The van der Waals surface area contributed by atoms with Gasteiger partial charge in [0.1, 0.15) is 17.3 Å². The molecular formula is C18H17N3O6S. The van der Waals surface area contributed by atoms with E-state index in [4.69, 9.17) is 13.9 Å². The van der Waals surface area contributed by atoms with Gasteiger partial charge in [-0.15, -0.1) is 5.10 Å². The van der Waals surface area contributed by atoms with Crippen LogP contribution in [0.2, 0.25) is 0 Å². The third-order valence-corrected chi connectivity index (χ3v) is 5.38. The number of hydrogen-bond acceptors (Lipinski definition) is 8. The van der Waals surface area contributed by atoms with E-state index >= 15 is 0 Å². The minimum Gasteiger partial charge on any atom is -0.497 e. The second-order valence-electron chi connectivity index (χ2n) is 5.60. The minimum absolute atomic E-state index is 0.00342. The Morgan fingerprint density at radius 3 is 2.43 bits per heavy atom. The summed E-state index contributed by atoms with van der Waals surface area (Å²) in [4.78, 5) is 12.1. The maximum Gasteiger partial charge on any atom is 0.322 e. The molecule has 28 heavy (non-hydrogen) atoms. The topological polar surface area (TPSA) is 121 Å². The fourth-order valence-corrected chi connectivity index (χ4v) is 3.53. The van der Waals surface area contributed by atoms with E-state index in [9.17, 15) is 13.2 Å². The molecule has 1 N–H and O–H groups in total. The lowest BCUT2D eigenvalue weighted by Gasteiger charge is -2.05. The number of hydrogen-bond donors (Lipinski definition) is 1. The van der Waals surface area contributed by atoms with Crippen LogP contribution in [0.1, 0.15) is 0 Å². The van der Waals surface area contributed by atoms with E-state index in [1.807, 2.05) is 0 Å². The Labute approximate surface area is 161 Å². The smallest absolute Gasteiger partial charge is 0.322 e. The fourth-order valence-electron chi connectivity index (χ4n) is 2.40. The van der Waals surface area contributed by atoms with Crippen LogP contribution in [0.15, 0.2) is 57.8 Å². The van der Waals surface area contributed by atoms with Gasteiger partial charge in [-0.2, -0.15) is 0 Å². The molecule has 2 aromatic carbocycles. The second-order valence-corrected chi connectivity index (χ2v) is 7.59. The first kappa shape index (κ1) is 19.4. The van der Waals surface area contributed by atoms with Gasteiger partial charge >= 0.3 is 6.01 Å². The Kier molecular flexibility index (Phi) is 5.59. The van der Waals surface area contributed by atoms with Crippen molar-refractivity contribution in [2.24, 2.45) is 0 Å². The van der Waals surface area contributed by atoms with E-state index in [0.29, 0.717) is 17.1 Å². The minimum atomic E-state index is -3.84. The monoisotopic (exact) mass is 403 g/mol. The molecule has 3 rings (SSSR count). The zero-order chi connectivity index (χ0) is 20.1. The second kappa shape index (κ2) is 8.09. The molecule has 0 aliphatic rings. The zero-order valence-electron chi connectivity index (χ0n) is 15.1. The summed E-state index contributed by atoms with van der Waals surface area (Å²) in [5.41, 5.74) is 0.545. The molecule has 0 aliphatic carbocycles. The average Bonchev–Trinajstić information content (AvgIpc) is 3.15. The van der Waals surface area contributed by atoms with Gasteiger partial charge in [-0.05, 0) is 36.4 Å². The SMILES string of the molecule is COc1ccc(S(=O)(=O)CC(=O)Nc2nnc(-c3ccccc3OC)o2)cc1. The molecule has 1 heterocycles. The standard InChI is InChI=1S/C18H17N3O6S/c1-25-12-7-9-13(10-8-12)28(23,24)11-16(22)19-18-21-20-17(27-18)14-5-3-4-6-15(14)26-2/h3-10H,11H2,1-2H3,(H,19,21,22). The highest BCUT2D eigenvalue weighted by Gasteiger charge is 2.21. The number of nitrogens with zero attached hydrogens (tertiary/aromatic N) is 2. The number of rotatable bonds is 7. The highest BCUT2D eigenvalue weighted by atomic mass is 32.2. The van der Waals surface area contributed by atoms with Gasteiger partial charge in [0.2, 0.25) is 5.91 Å². The predicted octanol–water partition coefficient (Wildman–Crippen LogP) is 2.17. The Morgan fingerprint density at radius 1 is 1.04 bits per heavy atom. The Morgan fingerprint density at radius 2 is 1.75 bits per heavy atom. The number of benzene rings is 2. The van der Waals surface area contributed by atoms with Crippen molar-refractivity contribution >= 4 is 21.8 Å². The molecule has 1 amide bonds. The van der Waals surface area contributed by atoms with E-state index in [1.54, 1.807) is 24.3 Å². The number of nitrogens with one attached hydrogen (secondary N) is 1. The lowest BCUT2D eigenvalue weighted by molar-refractivity contribution is -0.114. The van der Waals surface area contributed by atoms with Gasteiger partial charge in [0.05, 0.1) is 24.7 Å². The molecule has 9 nitrogen and oxygen atoms in total. The van der Waals surface area contributed by atoms with E-state index in [1.165, 1.54) is 38.5 Å². The third-order valence-electron chi connectivity index (χ3n) is 3.75. The summed E-state index contributed by atoms with van der Waals surface area (Å²) in [5, 5.41) is 9.86. The molecule has 0 radical (unpaired) electrons. The van der Waals surface area contributed by atoms with Crippen LogP contribution in [0.25, 0.3) is 11.5 Å².